The van der Waals surface area contributed by atoms with Crippen LogP contribution >= 0.6 is 0 Å². The van der Waals surface area contributed by atoms with Crippen LogP contribution in [0.15, 0.2) is 0 Å². The Morgan fingerprint density at radius 1 is 1.36 bits per heavy atom. The van der Waals surface area contributed by atoms with Gasteiger partial charge >= 0.3 is 0 Å². The van der Waals surface area contributed by atoms with Crippen molar-refractivity contribution in [3.8, 4) is 0 Å². The van der Waals surface area contributed by atoms with Crippen LogP contribution in [-0.2, 0) is 0 Å². The van der Waals surface area contributed by atoms with Gasteiger partial charge < -0.3 is 10.2 Å². The number of likely N-dealkylation sites (N-methyl/N-ethyl adjacent to an activating group) is 1. The molecular weight excluding hydrogens is 136 g/mol. The number of rotatable bonds is 0. The monoisotopic (exact) mass is 154 g/mol. The molecule has 1 saturated heterocycles. The van der Waals surface area contributed by atoms with Gasteiger partial charge in [0.05, 0.1) is 0 Å². The molecule has 0 aromatic heterocycles. The minimum atomic E-state index is 0.894. The average Bonchev–Trinajstić information content (AvgIpc) is 2.40. The third-order valence-corrected chi connectivity index (χ3v) is 3.23. The van der Waals surface area contributed by atoms with Crippen LogP contribution < -0.4 is 5.32 Å². The van der Waals surface area contributed by atoms with Gasteiger partial charge in [-0.05, 0) is 32.4 Å². The van der Waals surface area contributed by atoms with Crippen molar-refractivity contribution in [2.75, 3.05) is 26.7 Å². The van der Waals surface area contributed by atoms with Gasteiger partial charge in [-0.15, -0.1) is 0 Å². The smallest absolute Gasteiger partial charge is 0.0133 e. The molecule has 1 saturated carbocycles. The Balaban J connectivity index is 2.03. The summed E-state index contributed by atoms with van der Waals surface area (Å²) in [6.45, 7) is 3.68. The molecule has 1 heterocycles. The first-order chi connectivity index (χ1) is 5.38. The van der Waals surface area contributed by atoms with Gasteiger partial charge in [0, 0.05) is 19.1 Å². The van der Waals surface area contributed by atoms with Gasteiger partial charge in [-0.25, -0.2) is 0 Å². The fourth-order valence-electron chi connectivity index (χ4n) is 2.54. The normalized spacial score (nSPS) is 40.1. The maximum atomic E-state index is 3.51. The van der Waals surface area contributed by atoms with Gasteiger partial charge in [-0.3, -0.25) is 0 Å². The average molecular weight is 154 g/mol. The van der Waals surface area contributed by atoms with Gasteiger partial charge in [0.15, 0.2) is 0 Å². The number of hydrogen-bond donors (Lipinski definition) is 1. The van der Waals surface area contributed by atoms with Crippen molar-refractivity contribution in [1.82, 2.24) is 10.2 Å². The minimum absolute atomic E-state index is 0.894. The van der Waals surface area contributed by atoms with Gasteiger partial charge in [-0.1, -0.05) is 6.42 Å². The Hall–Kier alpha value is -0.0800. The van der Waals surface area contributed by atoms with Crippen LogP contribution in [0.5, 0.6) is 0 Å². The molecule has 0 unspecified atom stereocenters. The summed E-state index contributed by atoms with van der Waals surface area (Å²) in [6, 6.07) is 0.894. The van der Waals surface area contributed by atoms with E-state index in [1.165, 1.54) is 38.9 Å². The summed E-state index contributed by atoms with van der Waals surface area (Å²) in [4.78, 5) is 2.54. The molecule has 0 spiro atoms. The van der Waals surface area contributed by atoms with Crippen LogP contribution in [0.2, 0.25) is 0 Å². The second kappa shape index (κ2) is 3.11. The highest BCUT2D eigenvalue weighted by Gasteiger charge is 2.31. The van der Waals surface area contributed by atoms with Crippen molar-refractivity contribution in [3.05, 3.63) is 0 Å². The Kier molecular flexibility index (Phi) is 2.14. The molecule has 0 aromatic rings. The second-order valence-corrected chi connectivity index (χ2v) is 3.94. The van der Waals surface area contributed by atoms with Gasteiger partial charge in [0.25, 0.3) is 0 Å². The van der Waals surface area contributed by atoms with E-state index >= 15 is 0 Å². The molecule has 0 aromatic carbocycles. The SMILES string of the molecule is CN1CCNC[C@H]2CCC[C@H]21. The summed E-state index contributed by atoms with van der Waals surface area (Å²) in [5.41, 5.74) is 0. The van der Waals surface area contributed by atoms with Crippen molar-refractivity contribution >= 4 is 0 Å². The topological polar surface area (TPSA) is 15.3 Å². The van der Waals surface area contributed by atoms with Crippen LogP contribution in [-0.4, -0.2) is 37.6 Å². The molecule has 1 aliphatic heterocycles. The molecule has 2 aliphatic rings. The predicted octanol–water partition coefficient (Wildman–Crippen LogP) is 0.690. The number of hydrogen-bond acceptors (Lipinski definition) is 2. The molecule has 2 atom stereocenters. The highest BCUT2D eigenvalue weighted by atomic mass is 15.2. The summed E-state index contributed by atoms with van der Waals surface area (Å²) >= 11 is 0. The van der Waals surface area contributed by atoms with Crippen molar-refractivity contribution < 1.29 is 0 Å². The van der Waals surface area contributed by atoms with Gasteiger partial charge in [0.1, 0.15) is 0 Å². The highest BCUT2D eigenvalue weighted by Crippen LogP contribution is 2.29. The van der Waals surface area contributed by atoms with Gasteiger partial charge in [-0.2, -0.15) is 0 Å². The summed E-state index contributed by atoms with van der Waals surface area (Å²) < 4.78 is 0. The first kappa shape index (κ1) is 7.56. The van der Waals surface area contributed by atoms with E-state index in [4.69, 9.17) is 0 Å². The summed E-state index contributed by atoms with van der Waals surface area (Å²) in [5, 5.41) is 3.51. The molecule has 1 N–H and O–H groups in total. The highest BCUT2D eigenvalue weighted by molar-refractivity contribution is 4.87. The van der Waals surface area contributed by atoms with E-state index in [1.54, 1.807) is 0 Å². The molecule has 2 fully saturated rings. The molecule has 0 amide bonds. The molecular formula is C9H18N2. The zero-order chi connectivity index (χ0) is 7.68. The van der Waals surface area contributed by atoms with E-state index in [9.17, 15) is 0 Å². The molecule has 2 rings (SSSR count). The Morgan fingerprint density at radius 3 is 3.18 bits per heavy atom. The minimum Gasteiger partial charge on any atom is -0.315 e. The molecule has 11 heavy (non-hydrogen) atoms. The fourth-order valence-corrected chi connectivity index (χ4v) is 2.54. The van der Waals surface area contributed by atoms with E-state index in [1.807, 2.05) is 0 Å². The molecule has 64 valence electrons. The van der Waals surface area contributed by atoms with E-state index in [-0.39, 0.29) is 0 Å². The van der Waals surface area contributed by atoms with E-state index in [0.717, 1.165) is 12.0 Å². The first-order valence-corrected chi connectivity index (χ1v) is 4.79. The maximum absolute atomic E-state index is 3.51. The first-order valence-electron chi connectivity index (χ1n) is 4.79. The van der Waals surface area contributed by atoms with E-state index < -0.39 is 0 Å². The number of nitrogens with zero attached hydrogens (tertiary/aromatic N) is 1. The quantitative estimate of drug-likeness (QED) is 0.552. The molecule has 2 nitrogen and oxygen atoms in total. The lowest BCUT2D eigenvalue weighted by Crippen LogP contribution is -2.34. The second-order valence-electron chi connectivity index (χ2n) is 3.94. The zero-order valence-corrected chi connectivity index (χ0v) is 7.34. The molecule has 2 heteroatoms. The largest absolute Gasteiger partial charge is 0.315 e. The lowest BCUT2D eigenvalue weighted by Gasteiger charge is -2.25. The Labute approximate surface area is 69.0 Å². The molecule has 0 bridgehead atoms. The predicted molar refractivity (Wildman–Crippen MR) is 46.6 cm³/mol. The van der Waals surface area contributed by atoms with E-state index in [2.05, 4.69) is 17.3 Å². The molecule has 0 radical (unpaired) electrons. The zero-order valence-electron chi connectivity index (χ0n) is 7.34. The van der Waals surface area contributed by atoms with Gasteiger partial charge in [0.2, 0.25) is 0 Å². The van der Waals surface area contributed by atoms with Crippen LogP contribution in [0, 0.1) is 5.92 Å². The molecule has 1 aliphatic carbocycles. The Bertz CT molecular complexity index is 136. The Morgan fingerprint density at radius 2 is 2.27 bits per heavy atom. The fraction of sp³-hybridized carbons (Fsp3) is 1.00. The number of fused-ring (bicyclic) bond motifs is 1. The summed E-state index contributed by atoms with van der Waals surface area (Å²) in [5.74, 6) is 0.947. The van der Waals surface area contributed by atoms with Crippen LogP contribution in [0.25, 0.3) is 0 Å². The standard InChI is InChI=1S/C9H18N2/c1-11-6-5-10-7-8-3-2-4-9(8)11/h8-10H,2-7H2,1H3/t8-,9-/m1/s1. The van der Waals surface area contributed by atoms with Crippen molar-refractivity contribution in [1.29, 1.82) is 0 Å². The number of nitrogens with one attached hydrogen (secondary N) is 1. The van der Waals surface area contributed by atoms with E-state index in [0.29, 0.717) is 0 Å². The van der Waals surface area contributed by atoms with Crippen molar-refractivity contribution in [2.45, 2.75) is 25.3 Å². The van der Waals surface area contributed by atoms with Crippen molar-refractivity contribution in [2.24, 2.45) is 5.92 Å². The lowest BCUT2D eigenvalue weighted by atomic mass is 10.0. The summed E-state index contributed by atoms with van der Waals surface area (Å²) in [6.07, 6.45) is 4.33. The maximum Gasteiger partial charge on any atom is 0.0133 e. The third kappa shape index (κ3) is 1.42. The third-order valence-electron chi connectivity index (χ3n) is 3.23. The van der Waals surface area contributed by atoms with Crippen LogP contribution in [0.3, 0.4) is 0 Å². The lowest BCUT2D eigenvalue weighted by molar-refractivity contribution is 0.224. The van der Waals surface area contributed by atoms with Crippen LogP contribution in [0.1, 0.15) is 19.3 Å². The van der Waals surface area contributed by atoms with Crippen molar-refractivity contribution in [3.63, 3.8) is 0 Å². The van der Waals surface area contributed by atoms with Crippen LogP contribution in [0.4, 0.5) is 0 Å². The summed E-state index contributed by atoms with van der Waals surface area (Å²) in [7, 11) is 2.27.